The summed E-state index contributed by atoms with van der Waals surface area (Å²) in [6.07, 6.45) is 1.18. The molecule has 2 aromatic rings. The Bertz CT molecular complexity index is 559. The van der Waals surface area contributed by atoms with Crippen LogP contribution in [-0.2, 0) is 0 Å². The molecule has 6 heteroatoms. The molecule has 0 saturated carbocycles. The van der Waals surface area contributed by atoms with Crippen LogP contribution in [0.1, 0.15) is 0 Å². The van der Waals surface area contributed by atoms with E-state index >= 15 is 0 Å². The molecule has 1 aromatic carbocycles. The van der Waals surface area contributed by atoms with Crippen molar-refractivity contribution in [3.8, 4) is 0 Å². The summed E-state index contributed by atoms with van der Waals surface area (Å²) in [7, 11) is 1.90. The fourth-order valence-corrected chi connectivity index (χ4v) is 1.66. The van der Waals surface area contributed by atoms with E-state index in [1.807, 2.05) is 13.9 Å². The molecule has 4 nitrogen and oxygen atoms in total. The van der Waals surface area contributed by atoms with Gasteiger partial charge in [-0.3, -0.25) is 10.1 Å². The minimum atomic E-state index is -0.531. The highest BCUT2D eigenvalue weighted by atomic mass is 35.5. The molecule has 0 fully saturated rings. The van der Waals surface area contributed by atoms with Crippen molar-refractivity contribution in [1.82, 2.24) is 4.98 Å². The monoisotopic (exact) mass is 220 g/mol. The van der Waals surface area contributed by atoms with E-state index in [2.05, 4.69) is 4.98 Å². The fourth-order valence-electron chi connectivity index (χ4n) is 1.39. The topological polar surface area (TPSA) is 56.0 Å². The first-order valence-corrected chi connectivity index (χ1v) is 4.66. The zero-order valence-electron chi connectivity index (χ0n) is 7.90. The number of hydrogen-bond acceptors (Lipinski definition) is 3. The zero-order valence-corrected chi connectivity index (χ0v) is 8.65. The second-order valence-electron chi connectivity index (χ2n) is 3.24. The second-order valence-corrected chi connectivity index (χ2v) is 3.61. The van der Waals surface area contributed by atoms with Gasteiger partial charge in [-0.05, 0) is 6.07 Å². The summed E-state index contributed by atoms with van der Waals surface area (Å²) in [5, 5.41) is 11.4. The van der Waals surface area contributed by atoms with Crippen LogP contribution in [0.25, 0.3) is 10.9 Å². The summed E-state index contributed by atoms with van der Waals surface area (Å²) in [6, 6.07) is 5.47. The summed E-state index contributed by atoms with van der Waals surface area (Å²) in [5.41, 5.74) is 1.50. The lowest BCUT2D eigenvalue weighted by Gasteiger charge is -2.01. The summed E-state index contributed by atoms with van der Waals surface area (Å²) in [6.45, 7) is 0. The maximum Gasteiger partial charge on any atom is 0.306 e. The number of aromatic nitrogens is 1. The van der Waals surface area contributed by atoms with Crippen molar-refractivity contribution >= 4 is 41.5 Å². The molecule has 2 rings (SSSR count). The van der Waals surface area contributed by atoms with Crippen molar-refractivity contribution in [2.45, 2.75) is 0 Å². The van der Waals surface area contributed by atoms with E-state index < -0.39 is 4.92 Å². The van der Waals surface area contributed by atoms with E-state index in [-0.39, 0.29) is 10.7 Å². The van der Waals surface area contributed by atoms with Crippen molar-refractivity contribution in [1.29, 1.82) is 0 Å². The highest BCUT2D eigenvalue weighted by molar-refractivity contribution is 6.39. The lowest BCUT2D eigenvalue weighted by molar-refractivity contribution is -0.384. The molecule has 0 spiro atoms. The van der Waals surface area contributed by atoms with E-state index in [0.717, 1.165) is 5.46 Å². The number of halogens is 1. The van der Waals surface area contributed by atoms with Gasteiger partial charge in [0, 0.05) is 5.39 Å². The lowest BCUT2D eigenvalue weighted by Crippen LogP contribution is -2.01. The van der Waals surface area contributed by atoms with E-state index in [4.69, 9.17) is 11.6 Å². The van der Waals surface area contributed by atoms with Crippen molar-refractivity contribution in [3.05, 3.63) is 39.5 Å². The number of hydrogen-bond donors (Lipinski definition) is 0. The van der Waals surface area contributed by atoms with Crippen LogP contribution in [0, 0.1) is 10.1 Å². The summed E-state index contributed by atoms with van der Waals surface area (Å²) in [5.74, 6) is 0. The van der Waals surface area contributed by atoms with Gasteiger partial charge in [0.25, 0.3) is 0 Å². The van der Waals surface area contributed by atoms with Gasteiger partial charge in [0.15, 0.2) is 0 Å². The number of fused-ring (bicyclic) bond motifs is 1. The molecule has 0 amide bonds. The molecule has 0 bridgehead atoms. The molecule has 74 valence electrons. The first kappa shape index (κ1) is 9.92. The van der Waals surface area contributed by atoms with E-state index in [1.165, 1.54) is 6.20 Å². The Kier molecular flexibility index (Phi) is 2.32. The van der Waals surface area contributed by atoms with Gasteiger partial charge >= 0.3 is 5.69 Å². The van der Waals surface area contributed by atoms with Crippen LogP contribution < -0.4 is 5.46 Å². The highest BCUT2D eigenvalue weighted by Crippen LogP contribution is 2.29. The van der Waals surface area contributed by atoms with Crippen LogP contribution in [-0.4, -0.2) is 17.8 Å². The van der Waals surface area contributed by atoms with Gasteiger partial charge in [0.05, 0.1) is 10.4 Å². The van der Waals surface area contributed by atoms with Gasteiger partial charge in [-0.15, -0.1) is 0 Å². The van der Waals surface area contributed by atoms with Crippen LogP contribution in [0.4, 0.5) is 5.69 Å². The van der Waals surface area contributed by atoms with Gasteiger partial charge in [0.1, 0.15) is 19.1 Å². The Morgan fingerprint density at radius 2 is 2.20 bits per heavy atom. The number of nitro groups is 1. The van der Waals surface area contributed by atoms with E-state index in [1.54, 1.807) is 12.1 Å². The van der Waals surface area contributed by atoms with Crippen molar-refractivity contribution in [2.24, 2.45) is 0 Å². The van der Waals surface area contributed by atoms with Crippen LogP contribution in [0.2, 0.25) is 5.02 Å². The predicted octanol–water partition coefficient (Wildman–Crippen LogP) is 1.05. The molecule has 0 atom stereocenters. The molecule has 1 heterocycles. The molecule has 0 aliphatic rings. The van der Waals surface area contributed by atoms with Gasteiger partial charge in [0.2, 0.25) is 0 Å². The second kappa shape index (κ2) is 3.51. The van der Waals surface area contributed by atoms with Crippen LogP contribution in [0.3, 0.4) is 0 Å². The third-order valence-corrected chi connectivity index (χ3v) is 2.53. The molecular formula is C9H6BClN2O2. The first-order chi connectivity index (χ1) is 7.09. The van der Waals surface area contributed by atoms with Gasteiger partial charge in [-0.1, -0.05) is 29.2 Å². The molecule has 0 N–H and O–H groups in total. The molecule has 0 aliphatic heterocycles. The lowest BCUT2D eigenvalue weighted by atomic mass is 9.95. The van der Waals surface area contributed by atoms with Crippen molar-refractivity contribution in [2.75, 3.05) is 0 Å². The molecule has 0 aliphatic carbocycles. The van der Waals surface area contributed by atoms with Gasteiger partial charge in [-0.25, -0.2) is 4.98 Å². The third kappa shape index (κ3) is 1.66. The highest BCUT2D eigenvalue weighted by Gasteiger charge is 2.15. The van der Waals surface area contributed by atoms with Crippen molar-refractivity contribution < 1.29 is 4.92 Å². The Labute approximate surface area is 91.4 Å². The third-order valence-electron chi connectivity index (χ3n) is 2.14. The maximum atomic E-state index is 10.6. The Morgan fingerprint density at radius 3 is 2.87 bits per heavy atom. The zero-order chi connectivity index (χ0) is 11.0. The molecular weight excluding hydrogens is 214 g/mol. The largest absolute Gasteiger partial charge is 0.306 e. The molecule has 1 aromatic heterocycles. The van der Waals surface area contributed by atoms with Crippen LogP contribution in [0.5, 0.6) is 0 Å². The average molecular weight is 220 g/mol. The number of benzene rings is 1. The smallest absolute Gasteiger partial charge is 0.258 e. The number of pyridine rings is 1. The molecule has 0 unspecified atom stereocenters. The summed E-state index contributed by atoms with van der Waals surface area (Å²) in [4.78, 5) is 14.1. The van der Waals surface area contributed by atoms with Crippen LogP contribution >= 0.6 is 11.6 Å². The minimum Gasteiger partial charge on any atom is -0.258 e. The molecule has 0 radical (unpaired) electrons. The predicted molar refractivity (Wildman–Crippen MR) is 61.6 cm³/mol. The van der Waals surface area contributed by atoms with Crippen LogP contribution in [0.15, 0.2) is 24.4 Å². The minimum absolute atomic E-state index is 0.147. The number of nitrogens with zero attached hydrogens (tertiary/aromatic N) is 2. The Balaban J connectivity index is 2.82. The fraction of sp³-hybridized carbons (Fsp3) is 0. The quantitative estimate of drug-likeness (QED) is 0.410. The SMILES string of the molecule is Bc1ccc2ncc([N+](=O)[O-])c(Cl)c2c1. The van der Waals surface area contributed by atoms with Gasteiger partial charge < -0.3 is 0 Å². The number of rotatable bonds is 1. The molecule has 0 saturated heterocycles. The standard InChI is InChI=1S/C9H6BClN2O2/c10-5-1-2-7-6(3-5)9(11)8(4-12-7)13(14)15/h1-4H,10H2. The summed E-state index contributed by atoms with van der Waals surface area (Å²) >= 11 is 5.93. The first-order valence-electron chi connectivity index (χ1n) is 4.29. The normalized spacial score (nSPS) is 10.5. The average Bonchev–Trinajstić information content (AvgIpc) is 2.19. The van der Waals surface area contributed by atoms with Crippen molar-refractivity contribution in [3.63, 3.8) is 0 Å². The van der Waals surface area contributed by atoms with E-state index in [0.29, 0.717) is 10.9 Å². The Morgan fingerprint density at radius 1 is 1.47 bits per heavy atom. The van der Waals surface area contributed by atoms with E-state index in [9.17, 15) is 10.1 Å². The maximum absolute atomic E-state index is 10.6. The summed E-state index contributed by atoms with van der Waals surface area (Å²) < 4.78 is 0. The Hall–Kier alpha value is -1.62. The molecule has 15 heavy (non-hydrogen) atoms. The van der Waals surface area contributed by atoms with Gasteiger partial charge in [-0.2, -0.15) is 0 Å².